The maximum absolute atomic E-state index is 14.5. The van der Waals surface area contributed by atoms with Gasteiger partial charge in [-0.15, -0.1) is 0 Å². The van der Waals surface area contributed by atoms with Gasteiger partial charge in [0.05, 0.1) is 0 Å². The highest BCUT2D eigenvalue weighted by molar-refractivity contribution is 5.75. The molecule has 7 heteroatoms. The maximum atomic E-state index is 14.5. The molecule has 6 nitrogen and oxygen atoms in total. The second-order valence-electron chi connectivity index (χ2n) is 8.18. The molecule has 1 aromatic carbocycles. The van der Waals surface area contributed by atoms with Crippen LogP contribution in [0.15, 0.2) is 36.9 Å². The summed E-state index contributed by atoms with van der Waals surface area (Å²) in [5, 5.41) is 7.08. The lowest BCUT2D eigenvalue weighted by atomic mass is 9.77. The second-order valence-corrected chi connectivity index (χ2v) is 8.18. The number of carbonyl (C=O) groups excluding carboxylic acids is 1. The molecule has 4 rings (SSSR count). The van der Waals surface area contributed by atoms with Crippen molar-refractivity contribution in [1.29, 1.82) is 0 Å². The van der Waals surface area contributed by atoms with E-state index in [4.69, 9.17) is 0 Å². The van der Waals surface area contributed by atoms with Crippen molar-refractivity contribution in [1.82, 2.24) is 25.0 Å². The van der Waals surface area contributed by atoms with E-state index in [1.807, 2.05) is 12.1 Å². The van der Waals surface area contributed by atoms with Crippen LogP contribution in [0.25, 0.3) is 0 Å². The summed E-state index contributed by atoms with van der Waals surface area (Å²) >= 11 is 0. The fourth-order valence-electron chi connectivity index (χ4n) is 4.85. The number of piperidine rings is 1. The van der Waals surface area contributed by atoms with Crippen LogP contribution in [0.5, 0.6) is 0 Å². The van der Waals surface area contributed by atoms with Gasteiger partial charge in [0.2, 0.25) is 5.91 Å². The number of amides is 1. The van der Waals surface area contributed by atoms with E-state index in [1.165, 1.54) is 23.9 Å². The first-order chi connectivity index (χ1) is 13.6. The van der Waals surface area contributed by atoms with Gasteiger partial charge in [-0.05, 0) is 37.3 Å². The van der Waals surface area contributed by atoms with Gasteiger partial charge < -0.3 is 10.2 Å². The third-order valence-corrected chi connectivity index (χ3v) is 6.26. The Labute approximate surface area is 165 Å². The molecule has 2 fully saturated rings. The number of hydrogen-bond acceptors (Lipinski definition) is 4. The molecule has 1 aliphatic carbocycles. The van der Waals surface area contributed by atoms with Gasteiger partial charge in [0.15, 0.2) is 0 Å². The number of likely N-dealkylation sites (tertiary alicyclic amines) is 1. The van der Waals surface area contributed by atoms with Crippen molar-refractivity contribution in [2.24, 2.45) is 0 Å². The number of halogens is 1. The number of aromatic nitrogens is 3. The molecule has 1 amide bonds. The summed E-state index contributed by atoms with van der Waals surface area (Å²) in [5.74, 6) is -0.0952. The van der Waals surface area contributed by atoms with Gasteiger partial charge in [-0.2, -0.15) is 5.10 Å². The average Bonchev–Trinajstić information content (AvgIpc) is 3.36. The minimum atomic E-state index is -0.0698. The van der Waals surface area contributed by atoms with Crippen molar-refractivity contribution in [3.8, 4) is 0 Å². The van der Waals surface area contributed by atoms with Crippen molar-refractivity contribution in [3.63, 3.8) is 0 Å². The Kier molecular flexibility index (Phi) is 5.71. The van der Waals surface area contributed by atoms with Crippen molar-refractivity contribution in [2.75, 3.05) is 19.6 Å². The number of benzene rings is 1. The number of rotatable bonds is 6. The lowest BCUT2D eigenvalue weighted by Crippen LogP contribution is -2.49. The van der Waals surface area contributed by atoms with E-state index in [0.29, 0.717) is 0 Å². The Bertz CT molecular complexity index is 780. The summed E-state index contributed by atoms with van der Waals surface area (Å²) < 4.78 is 16.1. The summed E-state index contributed by atoms with van der Waals surface area (Å²) in [6.07, 6.45) is 9.29. The SMILES string of the molecule is O=C(Cn1cncn1)NC1CCN(CC2(c3ccccc3F)CCCC2)CC1. The van der Waals surface area contributed by atoms with E-state index >= 15 is 0 Å². The predicted octanol–water partition coefficient (Wildman–Crippen LogP) is 2.51. The molecule has 1 aliphatic heterocycles. The summed E-state index contributed by atoms with van der Waals surface area (Å²) in [5.41, 5.74) is 0.824. The molecule has 2 aliphatic rings. The molecule has 1 N–H and O–H groups in total. The normalized spacial score (nSPS) is 20.3. The minimum Gasteiger partial charge on any atom is -0.352 e. The fraction of sp³-hybridized carbons (Fsp3) is 0.571. The van der Waals surface area contributed by atoms with Gasteiger partial charge in [0, 0.05) is 31.1 Å². The summed E-state index contributed by atoms with van der Waals surface area (Å²) in [6.45, 7) is 2.99. The Balaban J connectivity index is 1.32. The van der Waals surface area contributed by atoms with Crippen molar-refractivity contribution in [2.45, 2.75) is 56.5 Å². The van der Waals surface area contributed by atoms with Crippen LogP contribution in [-0.2, 0) is 16.8 Å². The first kappa shape index (κ1) is 19.1. The molecule has 28 heavy (non-hydrogen) atoms. The lowest BCUT2D eigenvalue weighted by molar-refractivity contribution is -0.122. The highest BCUT2D eigenvalue weighted by Crippen LogP contribution is 2.43. The number of hydrogen-bond donors (Lipinski definition) is 1. The van der Waals surface area contributed by atoms with E-state index in [9.17, 15) is 9.18 Å². The molecule has 2 heterocycles. The molecule has 0 spiro atoms. The first-order valence-electron chi connectivity index (χ1n) is 10.2. The van der Waals surface area contributed by atoms with Crippen LogP contribution in [0.2, 0.25) is 0 Å². The molecule has 0 unspecified atom stereocenters. The molecule has 2 aromatic rings. The first-order valence-corrected chi connectivity index (χ1v) is 10.2. The largest absolute Gasteiger partial charge is 0.352 e. The van der Waals surface area contributed by atoms with Crippen LogP contribution >= 0.6 is 0 Å². The highest BCUT2D eigenvalue weighted by Gasteiger charge is 2.39. The molecule has 1 aromatic heterocycles. The number of nitrogens with zero attached hydrogens (tertiary/aromatic N) is 4. The monoisotopic (exact) mass is 385 g/mol. The third-order valence-electron chi connectivity index (χ3n) is 6.26. The predicted molar refractivity (Wildman–Crippen MR) is 104 cm³/mol. The maximum Gasteiger partial charge on any atom is 0.242 e. The lowest BCUT2D eigenvalue weighted by Gasteiger charge is -2.39. The number of carbonyl (C=O) groups is 1. The van der Waals surface area contributed by atoms with Gasteiger partial charge in [-0.25, -0.2) is 14.1 Å². The van der Waals surface area contributed by atoms with Gasteiger partial charge in [0.1, 0.15) is 25.0 Å². The van der Waals surface area contributed by atoms with E-state index in [1.54, 1.807) is 18.5 Å². The second kappa shape index (κ2) is 8.39. The van der Waals surface area contributed by atoms with Gasteiger partial charge in [-0.3, -0.25) is 4.79 Å². The zero-order valence-electron chi connectivity index (χ0n) is 16.2. The van der Waals surface area contributed by atoms with Gasteiger partial charge in [-0.1, -0.05) is 31.0 Å². The third kappa shape index (κ3) is 4.24. The zero-order chi connectivity index (χ0) is 19.4. The van der Waals surface area contributed by atoms with E-state index in [0.717, 1.165) is 50.9 Å². The van der Waals surface area contributed by atoms with Crippen molar-refractivity contribution in [3.05, 3.63) is 48.3 Å². The van der Waals surface area contributed by atoms with E-state index < -0.39 is 0 Å². The topological polar surface area (TPSA) is 63.1 Å². The molecular formula is C21H28FN5O. The van der Waals surface area contributed by atoms with Crippen LogP contribution in [0.1, 0.15) is 44.1 Å². The van der Waals surface area contributed by atoms with Gasteiger partial charge in [0.25, 0.3) is 0 Å². The molecular weight excluding hydrogens is 357 g/mol. The quantitative estimate of drug-likeness (QED) is 0.830. The van der Waals surface area contributed by atoms with Crippen LogP contribution in [0, 0.1) is 5.82 Å². The van der Waals surface area contributed by atoms with Crippen LogP contribution in [0.3, 0.4) is 0 Å². The summed E-state index contributed by atoms with van der Waals surface area (Å²) in [6, 6.07) is 7.48. The Morgan fingerprint density at radius 2 is 1.96 bits per heavy atom. The Morgan fingerprint density at radius 1 is 1.21 bits per heavy atom. The minimum absolute atomic E-state index is 0.0254. The standard InChI is InChI=1S/C21H28FN5O/c22-19-6-2-1-5-18(19)21(9-3-4-10-21)14-26-11-7-17(8-12-26)25-20(28)13-27-16-23-15-24-27/h1-2,5-6,15-17H,3-4,7-14H2,(H,25,28). The molecule has 1 saturated heterocycles. The summed E-state index contributed by atoms with van der Waals surface area (Å²) in [4.78, 5) is 18.5. The smallest absolute Gasteiger partial charge is 0.242 e. The zero-order valence-corrected chi connectivity index (χ0v) is 16.2. The van der Waals surface area contributed by atoms with E-state index in [2.05, 4.69) is 20.3 Å². The van der Waals surface area contributed by atoms with Gasteiger partial charge >= 0.3 is 0 Å². The van der Waals surface area contributed by atoms with Crippen molar-refractivity contribution < 1.29 is 9.18 Å². The highest BCUT2D eigenvalue weighted by atomic mass is 19.1. The van der Waals surface area contributed by atoms with Crippen LogP contribution in [0.4, 0.5) is 4.39 Å². The van der Waals surface area contributed by atoms with Crippen molar-refractivity contribution >= 4 is 5.91 Å². The summed E-state index contributed by atoms with van der Waals surface area (Å²) in [7, 11) is 0. The molecule has 1 saturated carbocycles. The molecule has 0 atom stereocenters. The number of nitrogens with one attached hydrogen (secondary N) is 1. The molecule has 0 radical (unpaired) electrons. The Hall–Kier alpha value is -2.28. The molecule has 150 valence electrons. The van der Waals surface area contributed by atoms with Crippen LogP contribution in [-0.4, -0.2) is 51.2 Å². The molecule has 0 bridgehead atoms. The van der Waals surface area contributed by atoms with E-state index in [-0.39, 0.29) is 29.7 Å². The van der Waals surface area contributed by atoms with Crippen LogP contribution < -0.4 is 5.32 Å². The average molecular weight is 385 g/mol. The fourth-order valence-corrected chi connectivity index (χ4v) is 4.85. The Morgan fingerprint density at radius 3 is 2.64 bits per heavy atom.